The van der Waals surface area contributed by atoms with Crippen molar-refractivity contribution in [2.24, 2.45) is 0 Å². The van der Waals surface area contributed by atoms with Gasteiger partial charge in [-0.25, -0.2) is 0 Å². The molecule has 0 saturated heterocycles. The predicted molar refractivity (Wildman–Crippen MR) is 104 cm³/mol. The molecule has 0 spiro atoms. The summed E-state index contributed by atoms with van der Waals surface area (Å²) in [6.07, 6.45) is 0.0555. The number of hydrogen-bond acceptors (Lipinski definition) is 5. The summed E-state index contributed by atoms with van der Waals surface area (Å²) in [5.74, 6) is -0.170. The second-order valence-electron chi connectivity index (χ2n) is 6.95. The highest BCUT2D eigenvalue weighted by Crippen LogP contribution is 2.41. The molecule has 5 heteroatoms. The number of ketones is 2. The second-order valence-corrected chi connectivity index (χ2v) is 6.95. The fourth-order valence-electron chi connectivity index (χ4n) is 3.50. The maximum absolute atomic E-state index is 12.7. The number of hydrogen-bond donors (Lipinski definition) is 2. The molecule has 0 atom stereocenters. The zero-order valence-electron chi connectivity index (χ0n) is 15.4. The molecule has 140 valence electrons. The number of phenolic OH excluding ortho intramolecular Hbond substituents is 2. The third-order valence-electron chi connectivity index (χ3n) is 4.93. The topological polar surface area (TPSA) is 83.8 Å². The van der Waals surface area contributed by atoms with Crippen LogP contribution in [0.15, 0.2) is 48.5 Å². The number of carbonyl (C=O) groups excluding carboxylic acids is 2. The fraction of sp³-hybridized carbons (Fsp3) is 0.130. The highest BCUT2D eigenvalue weighted by Gasteiger charge is 2.25. The number of carbonyl (C=O) groups is 2. The maximum Gasteiger partial charge on any atom is 0.174 e. The van der Waals surface area contributed by atoms with Crippen molar-refractivity contribution in [3.63, 3.8) is 0 Å². The zero-order chi connectivity index (χ0) is 20.0. The van der Waals surface area contributed by atoms with Crippen molar-refractivity contribution in [1.82, 2.24) is 0 Å². The third kappa shape index (κ3) is 3.01. The minimum absolute atomic E-state index is 0.00152. The average molecular weight is 374 g/mol. The molecular weight excluding hydrogens is 356 g/mol. The van der Waals surface area contributed by atoms with Crippen molar-refractivity contribution in [3.8, 4) is 34.1 Å². The van der Waals surface area contributed by atoms with Crippen LogP contribution in [-0.4, -0.2) is 21.8 Å². The molecule has 0 aliphatic carbocycles. The Bertz CT molecular complexity index is 1140. The molecule has 3 aromatic carbocycles. The molecule has 0 amide bonds. The van der Waals surface area contributed by atoms with Crippen molar-refractivity contribution in [1.29, 1.82) is 0 Å². The molecular formula is C23H18O5. The van der Waals surface area contributed by atoms with Gasteiger partial charge in [0, 0.05) is 29.7 Å². The first-order valence-electron chi connectivity index (χ1n) is 8.85. The molecule has 1 heterocycles. The van der Waals surface area contributed by atoms with Crippen LogP contribution in [0.1, 0.15) is 38.8 Å². The summed E-state index contributed by atoms with van der Waals surface area (Å²) in [5, 5.41) is 19.8. The molecule has 0 bridgehead atoms. The van der Waals surface area contributed by atoms with Gasteiger partial charge in [-0.05, 0) is 48.7 Å². The first-order chi connectivity index (χ1) is 13.3. The molecule has 1 aliphatic heterocycles. The van der Waals surface area contributed by atoms with E-state index in [1.807, 2.05) is 37.3 Å². The number of aromatic hydroxyl groups is 2. The van der Waals surface area contributed by atoms with Gasteiger partial charge in [0.1, 0.15) is 28.6 Å². The molecule has 4 rings (SSSR count). The minimum Gasteiger partial charge on any atom is -0.508 e. The predicted octanol–water partition coefficient (Wildman–Crippen LogP) is 4.81. The highest BCUT2D eigenvalue weighted by molar-refractivity contribution is 6.04. The molecule has 0 radical (unpaired) electrons. The van der Waals surface area contributed by atoms with Gasteiger partial charge < -0.3 is 14.9 Å². The van der Waals surface area contributed by atoms with Crippen LogP contribution in [0.4, 0.5) is 0 Å². The normalized spacial score (nSPS) is 12.6. The van der Waals surface area contributed by atoms with E-state index in [0.29, 0.717) is 16.9 Å². The van der Waals surface area contributed by atoms with Crippen LogP contribution in [0.2, 0.25) is 0 Å². The molecule has 3 aromatic rings. The van der Waals surface area contributed by atoms with Gasteiger partial charge in [0.05, 0.1) is 0 Å². The summed E-state index contributed by atoms with van der Waals surface area (Å²) in [5.41, 5.74) is 4.03. The molecule has 5 nitrogen and oxygen atoms in total. The Kier molecular flexibility index (Phi) is 4.15. The summed E-state index contributed by atoms with van der Waals surface area (Å²) in [4.78, 5) is 24.5. The molecule has 0 unspecified atom stereocenters. The maximum atomic E-state index is 12.7. The Morgan fingerprint density at radius 3 is 2.43 bits per heavy atom. The van der Waals surface area contributed by atoms with E-state index in [2.05, 4.69) is 0 Å². The zero-order valence-corrected chi connectivity index (χ0v) is 15.4. The van der Waals surface area contributed by atoms with E-state index in [4.69, 9.17) is 4.74 Å². The van der Waals surface area contributed by atoms with Gasteiger partial charge in [-0.15, -0.1) is 0 Å². The van der Waals surface area contributed by atoms with E-state index in [0.717, 1.165) is 22.8 Å². The molecule has 0 aromatic heterocycles. The fourth-order valence-corrected chi connectivity index (χ4v) is 3.50. The summed E-state index contributed by atoms with van der Waals surface area (Å²) < 4.78 is 5.81. The Morgan fingerprint density at radius 1 is 0.964 bits per heavy atom. The number of benzene rings is 3. The minimum atomic E-state index is -0.308. The average Bonchev–Trinajstić information content (AvgIpc) is 2.76. The number of rotatable bonds is 2. The first kappa shape index (κ1) is 17.8. The van der Waals surface area contributed by atoms with Crippen LogP contribution in [0.5, 0.6) is 23.0 Å². The van der Waals surface area contributed by atoms with Crippen LogP contribution in [-0.2, 0) is 6.42 Å². The van der Waals surface area contributed by atoms with E-state index in [1.54, 1.807) is 6.07 Å². The van der Waals surface area contributed by atoms with Gasteiger partial charge in [0.2, 0.25) is 0 Å². The van der Waals surface area contributed by atoms with Crippen LogP contribution in [0, 0.1) is 6.92 Å². The lowest BCUT2D eigenvalue weighted by Crippen LogP contribution is -2.02. The number of Topliss-reactive ketones (excluding diaryl/α,β-unsaturated/α-hetero) is 2. The van der Waals surface area contributed by atoms with Gasteiger partial charge in [-0.2, -0.15) is 0 Å². The van der Waals surface area contributed by atoms with Gasteiger partial charge in [-0.3, -0.25) is 9.59 Å². The standard InChI is InChI=1S/C23H18O5/c1-12-3-4-15(8-18(12)13(2)24)14-5-6-21-16(7-14)9-19(26)23-20(27)10-17(25)11-22(23)28-21/h3-8,10-11,25,27H,9H2,1-2H3. The van der Waals surface area contributed by atoms with E-state index >= 15 is 0 Å². The summed E-state index contributed by atoms with van der Waals surface area (Å²) in [6, 6.07) is 13.6. The number of aryl methyl sites for hydroxylation is 1. The smallest absolute Gasteiger partial charge is 0.174 e. The van der Waals surface area contributed by atoms with E-state index in [9.17, 15) is 19.8 Å². The molecule has 0 saturated carbocycles. The third-order valence-corrected chi connectivity index (χ3v) is 4.93. The van der Waals surface area contributed by atoms with Gasteiger partial charge >= 0.3 is 0 Å². The lowest BCUT2D eigenvalue weighted by Gasteiger charge is -2.12. The lowest BCUT2D eigenvalue weighted by atomic mass is 9.95. The van der Waals surface area contributed by atoms with E-state index < -0.39 is 0 Å². The van der Waals surface area contributed by atoms with Gasteiger partial charge in [-0.1, -0.05) is 18.2 Å². The Balaban J connectivity index is 1.79. The number of phenols is 2. The molecule has 2 N–H and O–H groups in total. The van der Waals surface area contributed by atoms with Crippen molar-refractivity contribution >= 4 is 11.6 Å². The van der Waals surface area contributed by atoms with Crippen molar-refractivity contribution in [3.05, 3.63) is 70.8 Å². The molecule has 1 aliphatic rings. The largest absolute Gasteiger partial charge is 0.508 e. The van der Waals surface area contributed by atoms with Crippen LogP contribution in [0.25, 0.3) is 11.1 Å². The summed E-state index contributed by atoms with van der Waals surface area (Å²) in [6.45, 7) is 3.43. The Morgan fingerprint density at radius 2 is 1.68 bits per heavy atom. The Hall–Kier alpha value is -3.60. The lowest BCUT2D eigenvalue weighted by molar-refractivity contribution is 0.0988. The van der Waals surface area contributed by atoms with Crippen LogP contribution in [0.3, 0.4) is 0 Å². The number of fused-ring (bicyclic) bond motifs is 2. The van der Waals surface area contributed by atoms with Crippen molar-refractivity contribution < 1.29 is 24.5 Å². The number of ether oxygens (including phenoxy) is 1. The SMILES string of the molecule is CC(=O)c1cc(-c2ccc3c(c2)CC(=O)c2c(O)cc(O)cc2O3)ccc1C. The molecule has 28 heavy (non-hydrogen) atoms. The quantitative estimate of drug-likeness (QED) is 0.629. The van der Waals surface area contributed by atoms with Gasteiger partial charge in [0.15, 0.2) is 11.6 Å². The Labute approximate surface area is 161 Å². The van der Waals surface area contributed by atoms with Crippen molar-refractivity contribution in [2.45, 2.75) is 20.3 Å². The van der Waals surface area contributed by atoms with Crippen LogP contribution < -0.4 is 4.74 Å². The van der Waals surface area contributed by atoms with E-state index in [1.165, 1.54) is 13.0 Å². The van der Waals surface area contributed by atoms with Crippen LogP contribution >= 0.6 is 0 Å². The molecule has 0 fully saturated rings. The summed E-state index contributed by atoms with van der Waals surface area (Å²) >= 11 is 0. The van der Waals surface area contributed by atoms with E-state index in [-0.39, 0.29) is 40.8 Å². The van der Waals surface area contributed by atoms with Crippen molar-refractivity contribution in [2.75, 3.05) is 0 Å². The first-order valence-corrected chi connectivity index (χ1v) is 8.85. The monoisotopic (exact) mass is 374 g/mol. The van der Waals surface area contributed by atoms with Gasteiger partial charge in [0.25, 0.3) is 0 Å². The summed E-state index contributed by atoms with van der Waals surface area (Å²) in [7, 11) is 0. The second kappa shape index (κ2) is 6.53. The highest BCUT2D eigenvalue weighted by atomic mass is 16.5.